The van der Waals surface area contributed by atoms with Crippen molar-refractivity contribution in [3.8, 4) is 0 Å². The van der Waals surface area contributed by atoms with E-state index in [0.29, 0.717) is 11.4 Å². The van der Waals surface area contributed by atoms with Gasteiger partial charge in [0.2, 0.25) is 10.0 Å². The standard InChI is InChI=1S/C11H13ClFNO3S/c12-9-1-2-11(13)8(5-9)7-18(16,17)14-4-3-10(15)6-14/h1-2,5,10,15H,3-4,6-7H2/t10-/m0/s1. The molecule has 2 rings (SSSR count). The van der Waals surface area contributed by atoms with Crippen LogP contribution in [-0.2, 0) is 15.8 Å². The van der Waals surface area contributed by atoms with E-state index < -0.39 is 27.7 Å². The van der Waals surface area contributed by atoms with Gasteiger partial charge in [0.25, 0.3) is 0 Å². The van der Waals surface area contributed by atoms with Crippen LogP contribution in [0.15, 0.2) is 18.2 Å². The quantitative estimate of drug-likeness (QED) is 0.916. The fraction of sp³-hybridized carbons (Fsp3) is 0.455. The van der Waals surface area contributed by atoms with Crippen LogP contribution in [0, 0.1) is 5.82 Å². The molecule has 0 unspecified atom stereocenters. The minimum absolute atomic E-state index is 0.0453. The third kappa shape index (κ3) is 3.00. The Morgan fingerprint density at radius 1 is 1.50 bits per heavy atom. The van der Waals surface area contributed by atoms with Crippen molar-refractivity contribution in [1.82, 2.24) is 4.31 Å². The number of sulfonamides is 1. The molecular weight excluding hydrogens is 281 g/mol. The number of benzene rings is 1. The number of hydrogen-bond acceptors (Lipinski definition) is 3. The first-order valence-electron chi connectivity index (χ1n) is 5.48. The molecule has 100 valence electrons. The van der Waals surface area contributed by atoms with E-state index in [4.69, 9.17) is 11.6 Å². The van der Waals surface area contributed by atoms with E-state index in [2.05, 4.69) is 0 Å². The second-order valence-corrected chi connectivity index (χ2v) is 6.70. The fourth-order valence-electron chi connectivity index (χ4n) is 1.91. The Hall–Kier alpha value is -0.690. The monoisotopic (exact) mass is 293 g/mol. The fourth-order valence-corrected chi connectivity index (χ4v) is 3.68. The minimum atomic E-state index is -3.61. The predicted molar refractivity (Wildman–Crippen MR) is 66.2 cm³/mol. The van der Waals surface area contributed by atoms with Gasteiger partial charge < -0.3 is 5.11 Å². The van der Waals surface area contributed by atoms with Gasteiger partial charge in [-0.3, -0.25) is 0 Å². The summed E-state index contributed by atoms with van der Waals surface area (Å²) in [6, 6.07) is 3.82. The summed E-state index contributed by atoms with van der Waals surface area (Å²) in [6.45, 7) is 0.343. The average Bonchev–Trinajstić information content (AvgIpc) is 2.71. The Morgan fingerprint density at radius 2 is 2.22 bits per heavy atom. The van der Waals surface area contributed by atoms with Gasteiger partial charge in [-0.2, -0.15) is 4.31 Å². The lowest BCUT2D eigenvalue weighted by atomic mass is 10.2. The lowest BCUT2D eigenvalue weighted by Gasteiger charge is -2.16. The summed E-state index contributed by atoms with van der Waals surface area (Å²) < 4.78 is 38.7. The molecule has 0 saturated carbocycles. The summed E-state index contributed by atoms with van der Waals surface area (Å²) in [5.74, 6) is -1.03. The molecule has 1 aromatic rings. The van der Waals surface area contributed by atoms with Crippen LogP contribution < -0.4 is 0 Å². The molecule has 1 atom stereocenters. The smallest absolute Gasteiger partial charge is 0.218 e. The predicted octanol–water partition coefficient (Wildman–Crippen LogP) is 1.38. The van der Waals surface area contributed by atoms with Crippen LogP contribution in [-0.4, -0.2) is 37.0 Å². The molecule has 0 amide bonds. The summed E-state index contributed by atoms with van der Waals surface area (Å²) >= 11 is 5.71. The summed E-state index contributed by atoms with van der Waals surface area (Å²) in [5.41, 5.74) is 0.0453. The SMILES string of the molecule is O=S(=O)(Cc1cc(Cl)ccc1F)N1CC[C@H](O)C1. The van der Waals surface area contributed by atoms with E-state index in [1.165, 1.54) is 16.4 Å². The number of hydrogen-bond donors (Lipinski definition) is 1. The Balaban J connectivity index is 2.20. The van der Waals surface area contributed by atoms with Crippen LogP contribution in [0.1, 0.15) is 12.0 Å². The van der Waals surface area contributed by atoms with Crippen molar-refractivity contribution < 1.29 is 17.9 Å². The van der Waals surface area contributed by atoms with Crippen LogP contribution in [0.3, 0.4) is 0 Å². The van der Waals surface area contributed by atoms with E-state index in [0.717, 1.165) is 6.07 Å². The largest absolute Gasteiger partial charge is 0.392 e. The van der Waals surface area contributed by atoms with Crippen molar-refractivity contribution in [3.63, 3.8) is 0 Å². The van der Waals surface area contributed by atoms with E-state index in [9.17, 15) is 17.9 Å². The van der Waals surface area contributed by atoms with E-state index in [1.54, 1.807) is 0 Å². The summed E-state index contributed by atoms with van der Waals surface area (Å²) in [4.78, 5) is 0. The van der Waals surface area contributed by atoms with Crippen molar-refractivity contribution in [2.75, 3.05) is 13.1 Å². The highest BCUT2D eigenvalue weighted by Gasteiger charge is 2.30. The molecule has 4 nitrogen and oxygen atoms in total. The summed E-state index contributed by atoms with van der Waals surface area (Å²) in [6.07, 6.45) is -0.221. The van der Waals surface area contributed by atoms with E-state index >= 15 is 0 Å². The van der Waals surface area contributed by atoms with Crippen molar-refractivity contribution >= 4 is 21.6 Å². The second-order valence-electron chi connectivity index (χ2n) is 4.29. The maximum absolute atomic E-state index is 13.5. The molecule has 0 aliphatic carbocycles. The van der Waals surface area contributed by atoms with Gasteiger partial charge in [-0.1, -0.05) is 11.6 Å². The number of rotatable bonds is 3. The van der Waals surface area contributed by atoms with Crippen LogP contribution in [0.2, 0.25) is 5.02 Å². The van der Waals surface area contributed by atoms with Crippen LogP contribution >= 0.6 is 11.6 Å². The third-order valence-corrected chi connectivity index (χ3v) is 4.89. The van der Waals surface area contributed by atoms with Gasteiger partial charge in [-0.05, 0) is 24.6 Å². The topological polar surface area (TPSA) is 57.6 Å². The highest BCUT2D eigenvalue weighted by atomic mass is 35.5. The zero-order valence-electron chi connectivity index (χ0n) is 9.51. The first-order chi connectivity index (χ1) is 8.38. The minimum Gasteiger partial charge on any atom is -0.392 e. The molecule has 1 aliphatic rings. The molecule has 1 fully saturated rings. The van der Waals surface area contributed by atoms with E-state index in [1.807, 2.05) is 0 Å². The Kier molecular flexibility index (Phi) is 3.91. The first kappa shape index (κ1) is 13.7. The Bertz CT molecular complexity index is 549. The molecule has 1 heterocycles. The number of β-amino-alcohol motifs (C(OH)–C–C–N with tert-alkyl or cyclic N) is 1. The molecule has 0 bridgehead atoms. The van der Waals surface area contributed by atoms with Crippen LogP contribution in [0.4, 0.5) is 4.39 Å². The van der Waals surface area contributed by atoms with Crippen molar-refractivity contribution in [1.29, 1.82) is 0 Å². The zero-order chi connectivity index (χ0) is 13.3. The van der Waals surface area contributed by atoms with Gasteiger partial charge in [0.1, 0.15) is 5.82 Å². The molecule has 7 heteroatoms. The molecule has 18 heavy (non-hydrogen) atoms. The van der Waals surface area contributed by atoms with Crippen molar-refractivity contribution in [3.05, 3.63) is 34.6 Å². The molecule has 0 spiro atoms. The number of aliphatic hydroxyl groups is 1. The van der Waals surface area contributed by atoms with Gasteiger partial charge in [-0.25, -0.2) is 12.8 Å². The van der Waals surface area contributed by atoms with Crippen LogP contribution in [0.25, 0.3) is 0 Å². The van der Waals surface area contributed by atoms with Gasteiger partial charge in [-0.15, -0.1) is 0 Å². The van der Waals surface area contributed by atoms with Crippen molar-refractivity contribution in [2.45, 2.75) is 18.3 Å². The Morgan fingerprint density at radius 3 is 2.83 bits per heavy atom. The third-order valence-electron chi connectivity index (χ3n) is 2.87. The van der Waals surface area contributed by atoms with E-state index in [-0.39, 0.29) is 18.7 Å². The molecule has 0 radical (unpaired) electrons. The highest BCUT2D eigenvalue weighted by Crippen LogP contribution is 2.21. The highest BCUT2D eigenvalue weighted by molar-refractivity contribution is 7.88. The van der Waals surface area contributed by atoms with Gasteiger partial charge in [0.15, 0.2) is 0 Å². The number of aliphatic hydroxyl groups excluding tert-OH is 1. The van der Waals surface area contributed by atoms with Gasteiger partial charge in [0.05, 0.1) is 11.9 Å². The lowest BCUT2D eigenvalue weighted by molar-refractivity contribution is 0.189. The maximum atomic E-state index is 13.5. The molecule has 1 N–H and O–H groups in total. The van der Waals surface area contributed by atoms with Crippen LogP contribution in [0.5, 0.6) is 0 Å². The molecular formula is C11H13ClFNO3S. The summed E-state index contributed by atoms with van der Waals surface area (Å²) in [7, 11) is -3.61. The number of halogens is 2. The molecule has 1 aliphatic heterocycles. The van der Waals surface area contributed by atoms with Crippen molar-refractivity contribution in [2.24, 2.45) is 0 Å². The van der Waals surface area contributed by atoms with Gasteiger partial charge >= 0.3 is 0 Å². The number of nitrogens with zero attached hydrogens (tertiary/aromatic N) is 1. The molecule has 1 saturated heterocycles. The lowest BCUT2D eigenvalue weighted by Crippen LogP contribution is -2.31. The Labute approximate surface area is 110 Å². The maximum Gasteiger partial charge on any atom is 0.218 e. The average molecular weight is 294 g/mol. The second kappa shape index (κ2) is 5.13. The normalized spacial score (nSPS) is 21.4. The van der Waals surface area contributed by atoms with Gasteiger partial charge in [0, 0.05) is 23.7 Å². The first-order valence-corrected chi connectivity index (χ1v) is 7.47. The summed E-state index contributed by atoms with van der Waals surface area (Å²) in [5, 5.41) is 9.62. The molecule has 0 aromatic heterocycles. The molecule has 1 aromatic carbocycles. The zero-order valence-corrected chi connectivity index (χ0v) is 11.1.